The van der Waals surface area contributed by atoms with Crippen molar-refractivity contribution in [3.63, 3.8) is 0 Å². The summed E-state index contributed by atoms with van der Waals surface area (Å²) in [6.07, 6.45) is -0.870. The lowest BCUT2D eigenvalue weighted by atomic mass is 10.1. The van der Waals surface area contributed by atoms with Gasteiger partial charge in [0.1, 0.15) is 6.61 Å². The van der Waals surface area contributed by atoms with E-state index in [1.165, 1.54) is 25.8 Å². The van der Waals surface area contributed by atoms with Crippen LogP contribution in [0.1, 0.15) is 34.6 Å². The van der Waals surface area contributed by atoms with Crippen LogP contribution in [0.5, 0.6) is 0 Å². The van der Waals surface area contributed by atoms with Crippen molar-refractivity contribution in [1.29, 1.82) is 0 Å². The number of rotatable bonds is 7. The number of nitrogens with zero attached hydrogens (tertiary/aromatic N) is 1. The lowest BCUT2D eigenvalue weighted by molar-refractivity contribution is -0.156. The molecule has 0 fully saturated rings. The van der Waals surface area contributed by atoms with Gasteiger partial charge in [-0.2, -0.15) is 0 Å². The zero-order chi connectivity index (χ0) is 21.8. The Morgan fingerprint density at radius 3 is 2.04 bits per heavy atom. The molecule has 0 saturated heterocycles. The number of carbonyl (C=O) groups excluding carboxylic acids is 3. The van der Waals surface area contributed by atoms with Gasteiger partial charge in [-0.25, -0.2) is 4.79 Å². The van der Waals surface area contributed by atoms with Crippen molar-refractivity contribution in [3.8, 4) is 0 Å². The Morgan fingerprint density at radius 2 is 1.57 bits per heavy atom. The average molecular weight is 730 g/mol. The van der Waals surface area contributed by atoms with Gasteiger partial charge in [-0.05, 0) is 67.8 Å². The third-order valence-electron chi connectivity index (χ3n) is 3.41. The van der Waals surface area contributed by atoms with E-state index in [0.717, 1.165) is 0 Å². The molecule has 1 atom stereocenters. The van der Waals surface area contributed by atoms with Crippen LogP contribution in [0.15, 0.2) is 0 Å². The van der Waals surface area contributed by atoms with Crippen LogP contribution in [0.25, 0.3) is 0 Å². The van der Waals surface area contributed by atoms with Crippen LogP contribution < -0.4 is 5.73 Å². The summed E-state index contributed by atoms with van der Waals surface area (Å²) in [5, 5.41) is 9.47. The molecule has 1 aromatic carbocycles. The number of halogens is 3. The molecule has 0 aliphatic rings. The Labute approximate surface area is 202 Å². The highest BCUT2D eigenvalue weighted by molar-refractivity contribution is 14.1. The van der Waals surface area contributed by atoms with Crippen molar-refractivity contribution >= 4 is 97.3 Å². The molecule has 0 spiro atoms. The monoisotopic (exact) mass is 730 g/mol. The molecule has 1 amide bonds. The SMILES string of the molecule is CC(=O)OCC(CN(C)C(=O)c1c(I)c(N)c(I)c(C(=O)O)c1I)OC(C)=O. The lowest BCUT2D eigenvalue weighted by Gasteiger charge is -2.25. The number of nitrogens with two attached hydrogens (primary N) is 1. The van der Waals surface area contributed by atoms with Crippen LogP contribution in [0, 0.1) is 10.7 Å². The second-order valence-corrected chi connectivity index (χ2v) is 8.87. The number of nitrogen functional groups attached to an aromatic ring is 1. The first-order valence-corrected chi connectivity index (χ1v) is 10.9. The summed E-state index contributed by atoms with van der Waals surface area (Å²) >= 11 is 5.53. The zero-order valence-corrected chi connectivity index (χ0v) is 21.5. The molecule has 0 aliphatic heterocycles. The Kier molecular flexibility index (Phi) is 9.65. The van der Waals surface area contributed by atoms with Gasteiger partial charge < -0.3 is 25.2 Å². The zero-order valence-electron chi connectivity index (χ0n) is 15.0. The highest BCUT2D eigenvalue weighted by Crippen LogP contribution is 2.34. The van der Waals surface area contributed by atoms with Crippen LogP contribution in [-0.2, 0) is 19.1 Å². The number of hydrogen-bond acceptors (Lipinski definition) is 7. The van der Waals surface area contributed by atoms with Crippen molar-refractivity contribution < 1.29 is 33.8 Å². The first-order valence-electron chi connectivity index (χ1n) is 7.63. The molecule has 0 bridgehead atoms. The minimum atomic E-state index is -1.19. The van der Waals surface area contributed by atoms with E-state index in [1.54, 1.807) is 22.6 Å². The maximum Gasteiger partial charge on any atom is 0.337 e. The Morgan fingerprint density at radius 1 is 1.04 bits per heavy atom. The maximum atomic E-state index is 13.0. The number of hydrogen-bond donors (Lipinski definition) is 2. The highest BCUT2D eigenvalue weighted by atomic mass is 127. The summed E-state index contributed by atoms with van der Waals surface area (Å²) in [7, 11) is 1.47. The summed E-state index contributed by atoms with van der Waals surface area (Å²) in [5.41, 5.74) is 6.30. The number of aromatic carboxylic acids is 1. The molecule has 1 aromatic rings. The van der Waals surface area contributed by atoms with E-state index in [1.807, 2.05) is 45.2 Å². The summed E-state index contributed by atoms with van der Waals surface area (Å²) < 4.78 is 11.0. The Bertz CT molecular complexity index is 829. The van der Waals surface area contributed by atoms with Gasteiger partial charge in [0.25, 0.3) is 5.91 Å². The van der Waals surface area contributed by atoms with Crippen LogP contribution in [-0.4, -0.2) is 60.1 Å². The fourth-order valence-electron chi connectivity index (χ4n) is 2.21. The average Bonchev–Trinajstić information content (AvgIpc) is 2.56. The van der Waals surface area contributed by atoms with Gasteiger partial charge >= 0.3 is 17.9 Å². The standard InChI is InChI=1S/C16H17I3N2O7/c1-6(22)27-5-8(28-7(2)23)4-21(3)15(24)9-11(17)10(16(25)26)13(19)14(20)12(9)18/h8H,4-5,20H2,1-3H3,(H,25,26). The van der Waals surface area contributed by atoms with Crippen molar-refractivity contribution in [2.75, 3.05) is 25.9 Å². The first-order chi connectivity index (χ1) is 12.9. The molecule has 3 N–H and O–H groups in total. The van der Waals surface area contributed by atoms with E-state index >= 15 is 0 Å². The molecule has 154 valence electrons. The molecule has 12 heteroatoms. The minimum absolute atomic E-state index is 0.0488. The lowest BCUT2D eigenvalue weighted by Crippen LogP contribution is -2.39. The van der Waals surface area contributed by atoms with E-state index in [-0.39, 0.29) is 33.5 Å². The van der Waals surface area contributed by atoms with Gasteiger partial charge in [0.15, 0.2) is 6.10 Å². The molecular formula is C16H17I3N2O7. The largest absolute Gasteiger partial charge is 0.478 e. The predicted molar refractivity (Wildman–Crippen MR) is 125 cm³/mol. The van der Waals surface area contributed by atoms with Crippen molar-refractivity contribution in [2.45, 2.75) is 20.0 Å². The third kappa shape index (κ3) is 6.30. The number of amides is 1. The smallest absolute Gasteiger partial charge is 0.337 e. The first kappa shape index (κ1) is 25.1. The van der Waals surface area contributed by atoms with Crippen molar-refractivity contribution in [1.82, 2.24) is 4.90 Å². The third-order valence-corrected chi connectivity index (χ3v) is 6.73. The molecule has 0 heterocycles. The molecule has 28 heavy (non-hydrogen) atoms. The van der Waals surface area contributed by atoms with Gasteiger partial charge in [0.2, 0.25) is 0 Å². The molecule has 0 saturated carbocycles. The topological polar surface area (TPSA) is 136 Å². The Balaban J connectivity index is 3.23. The van der Waals surface area contributed by atoms with E-state index < -0.39 is 29.9 Å². The number of carboxylic acids is 1. The van der Waals surface area contributed by atoms with Gasteiger partial charge in [0, 0.05) is 24.5 Å². The molecule has 9 nitrogen and oxygen atoms in total. The maximum absolute atomic E-state index is 13.0. The number of esters is 2. The van der Waals surface area contributed by atoms with Gasteiger partial charge in [0.05, 0.1) is 30.5 Å². The van der Waals surface area contributed by atoms with Crippen LogP contribution in [0.2, 0.25) is 0 Å². The van der Waals surface area contributed by atoms with E-state index in [2.05, 4.69) is 0 Å². The number of likely N-dealkylation sites (N-methyl/N-ethyl adjacent to an activating group) is 1. The predicted octanol–water partition coefficient (Wildman–Crippen LogP) is 2.35. The summed E-state index contributed by atoms with van der Waals surface area (Å²) in [6.45, 7) is 2.14. The highest BCUT2D eigenvalue weighted by Gasteiger charge is 2.29. The molecule has 1 unspecified atom stereocenters. The van der Waals surface area contributed by atoms with Crippen LogP contribution >= 0.6 is 67.8 Å². The van der Waals surface area contributed by atoms with Crippen molar-refractivity contribution in [3.05, 3.63) is 21.8 Å². The number of anilines is 1. The second kappa shape index (κ2) is 10.7. The second-order valence-electron chi connectivity index (χ2n) is 5.63. The fraction of sp³-hybridized carbons (Fsp3) is 0.375. The molecule has 1 rings (SSSR count). The van der Waals surface area contributed by atoms with Gasteiger partial charge in [-0.1, -0.05) is 0 Å². The number of carboxylic acid groups (broad SMARTS) is 1. The van der Waals surface area contributed by atoms with E-state index in [9.17, 15) is 24.3 Å². The molecule has 0 aromatic heterocycles. The molecule has 0 aliphatic carbocycles. The normalized spacial score (nSPS) is 11.5. The summed E-state index contributed by atoms with van der Waals surface area (Å²) in [6, 6.07) is 0. The van der Waals surface area contributed by atoms with Gasteiger partial charge in [-0.15, -0.1) is 0 Å². The number of ether oxygens (including phenoxy) is 2. The summed E-state index contributed by atoms with van der Waals surface area (Å²) in [4.78, 5) is 48.2. The number of carbonyl (C=O) groups is 4. The molecular weight excluding hydrogens is 713 g/mol. The quantitative estimate of drug-likeness (QED) is 0.248. The van der Waals surface area contributed by atoms with Crippen LogP contribution in [0.3, 0.4) is 0 Å². The van der Waals surface area contributed by atoms with Crippen LogP contribution in [0.4, 0.5) is 5.69 Å². The van der Waals surface area contributed by atoms with Crippen molar-refractivity contribution in [2.24, 2.45) is 0 Å². The van der Waals surface area contributed by atoms with E-state index in [0.29, 0.717) is 7.14 Å². The summed E-state index contributed by atoms with van der Waals surface area (Å²) in [5.74, 6) is -2.83. The van der Waals surface area contributed by atoms with Gasteiger partial charge in [-0.3, -0.25) is 14.4 Å². The Hall–Kier alpha value is -0.910. The minimum Gasteiger partial charge on any atom is -0.478 e. The number of benzene rings is 1. The van der Waals surface area contributed by atoms with E-state index in [4.69, 9.17) is 15.2 Å². The molecule has 0 radical (unpaired) electrons. The fourth-order valence-corrected chi connectivity index (χ4v) is 6.30.